The van der Waals surface area contributed by atoms with Gasteiger partial charge in [-0.2, -0.15) is 0 Å². The minimum atomic E-state index is -1.81. The predicted molar refractivity (Wildman–Crippen MR) is 108 cm³/mol. The second-order valence-corrected chi connectivity index (χ2v) is 45.8. The summed E-state index contributed by atoms with van der Waals surface area (Å²) >= 11 is -1.81. The third-order valence-corrected chi connectivity index (χ3v) is 45.7. The van der Waals surface area contributed by atoms with Crippen LogP contribution in [0.15, 0.2) is 70.1 Å². The quantitative estimate of drug-likeness (QED) is 0.363. The van der Waals surface area contributed by atoms with Gasteiger partial charge in [-0.05, 0) is 0 Å². The van der Waals surface area contributed by atoms with Crippen LogP contribution in [-0.2, 0) is 18.3 Å². The monoisotopic (exact) mass is 586 g/mol. The normalized spacial score (nSPS) is 14.2. The van der Waals surface area contributed by atoms with E-state index in [9.17, 15) is 0 Å². The fraction of sp³-hybridized carbons (Fsp3) is 0.200. The molecule has 0 aromatic heterocycles. The van der Waals surface area contributed by atoms with E-state index in [1.54, 1.807) is 11.1 Å². The Balaban J connectivity index is 0.00000104. The number of allylic oxidation sites excluding steroid dienone is 4. The third-order valence-electron chi connectivity index (χ3n) is 4.78. The summed E-state index contributed by atoms with van der Waals surface area (Å²) in [4.78, 5) is 0. The van der Waals surface area contributed by atoms with E-state index in [0.717, 1.165) is 3.67 Å². The number of rotatable bonds is 2. The molecule has 0 bridgehead atoms. The summed E-state index contributed by atoms with van der Waals surface area (Å²) in [6.07, 6.45) is 8.40. The van der Waals surface area contributed by atoms with Gasteiger partial charge in [-0.3, -0.25) is 0 Å². The van der Waals surface area contributed by atoms with Gasteiger partial charge in [0.25, 0.3) is 0 Å². The zero-order valence-electron chi connectivity index (χ0n) is 14.0. The second kappa shape index (κ2) is 8.53. The summed E-state index contributed by atoms with van der Waals surface area (Å²) < 4.78 is 2.66. The van der Waals surface area contributed by atoms with Crippen molar-refractivity contribution in [3.63, 3.8) is 0 Å². The van der Waals surface area contributed by atoms with E-state index in [0.29, 0.717) is 0 Å². The van der Waals surface area contributed by atoms with E-state index in [2.05, 4.69) is 78.3 Å². The van der Waals surface area contributed by atoms with Gasteiger partial charge in [0.15, 0.2) is 0 Å². The number of hydrogen-bond donors (Lipinski definition) is 0. The Labute approximate surface area is 165 Å². The van der Waals surface area contributed by atoms with Gasteiger partial charge in [0, 0.05) is 0 Å². The van der Waals surface area contributed by atoms with Gasteiger partial charge in [-0.1, -0.05) is 0 Å². The summed E-state index contributed by atoms with van der Waals surface area (Å²) in [5.74, 6) is 5.26. The molecule has 124 valence electrons. The van der Waals surface area contributed by atoms with E-state index in [-0.39, 0.29) is 24.8 Å². The molecule has 2 aromatic rings. The van der Waals surface area contributed by atoms with E-state index >= 15 is 0 Å². The summed E-state index contributed by atoms with van der Waals surface area (Å²) in [7, 11) is -0.895. The molecule has 4 rings (SSSR count). The van der Waals surface area contributed by atoms with Gasteiger partial charge >= 0.3 is 142 Å². The van der Waals surface area contributed by atoms with Crippen molar-refractivity contribution in [2.24, 2.45) is 0 Å². The standard InChI is InChI=1S/C13H9.C5H5.C2H6Ge.2ClH.Hf/c1-3-7-12-10(5-1)9-11-6-2-4-8-13(11)12;1-2-4-5-3-1;1-3-2;;;/h1-9H;1-3H,4H2;1-2H3;2*1H;. The Morgan fingerprint density at radius 3 is 1.88 bits per heavy atom. The summed E-state index contributed by atoms with van der Waals surface area (Å²) in [6.45, 7) is 0. The zero-order chi connectivity index (χ0) is 15.1. The van der Waals surface area contributed by atoms with Crippen LogP contribution in [0.2, 0.25) is 11.5 Å². The van der Waals surface area contributed by atoms with Crippen LogP contribution < -0.4 is 0 Å². The molecule has 4 heteroatoms. The molecule has 24 heavy (non-hydrogen) atoms. The summed E-state index contributed by atoms with van der Waals surface area (Å²) in [5, 5.41) is 0. The van der Waals surface area contributed by atoms with Gasteiger partial charge in [0.05, 0.1) is 0 Å². The van der Waals surface area contributed by atoms with E-state index in [4.69, 9.17) is 0 Å². The van der Waals surface area contributed by atoms with Crippen molar-refractivity contribution in [2.45, 2.75) is 21.6 Å². The van der Waals surface area contributed by atoms with Crippen LogP contribution in [-0.4, -0.2) is 10.1 Å². The second-order valence-electron chi connectivity index (χ2n) is 6.35. The van der Waals surface area contributed by atoms with Crippen molar-refractivity contribution in [3.05, 3.63) is 81.2 Å². The minimum absolute atomic E-state index is 0. The number of halogens is 2. The molecule has 0 aliphatic heterocycles. The molecule has 2 aromatic carbocycles. The Morgan fingerprint density at radius 1 is 0.875 bits per heavy atom. The SMILES string of the molecule is Cl.Cl.[CH3][Ge]([CH3])=[Hf]([C]1=CC=CC1)[CH]1c2ccccc2-c2ccccc21. The average Bonchev–Trinajstić information content (AvgIpc) is 3.16. The Hall–Kier alpha value is -0.0870. The molecule has 2 aliphatic rings. The molecule has 0 heterocycles. The Morgan fingerprint density at radius 2 is 1.42 bits per heavy atom. The van der Waals surface area contributed by atoms with Gasteiger partial charge in [-0.25, -0.2) is 0 Å². The molecular weight excluding hydrogens is 562 g/mol. The average molecular weight is 584 g/mol. The van der Waals surface area contributed by atoms with Crippen LogP contribution in [0.4, 0.5) is 0 Å². The van der Waals surface area contributed by atoms with Crippen molar-refractivity contribution >= 4 is 34.9 Å². The molecule has 0 radical (unpaired) electrons. The third kappa shape index (κ3) is 3.42. The molecule has 2 aliphatic carbocycles. The number of fused-ring (bicyclic) bond motifs is 3. The molecule has 0 N–H and O–H groups in total. The van der Waals surface area contributed by atoms with E-state index in [1.165, 1.54) is 17.5 Å². The van der Waals surface area contributed by atoms with E-state index < -0.39 is 28.4 Å². The van der Waals surface area contributed by atoms with Gasteiger partial charge in [-0.15, -0.1) is 24.8 Å². The van der Waals surface area contributed by atoms with Gasteiger partial charge < -0.3 is 0 Å². The van der Waals surface area contributed by atoms with Crippen molar-refractivity contribution in [1.29, 1.82) is 0 Å². The maximum atomic E-state index is 2.63. The van der Waals surface area contributed by atoms with Crippen molar-refractivity contribution in [3.8, 4) is 11.1 Å². The molecule has 0 amide bonds. The fourth-order valence-electron chi connectivity index (χ4n) is 3.91. The predicted octanol–water partition coefficient (Wildman–Crippen LogP) is 6.31. The van der Waals surface area contributed by atoms with Crippen LogP contribution in [0.5, 0.6) is 0 Å². The molecule has 0 nitrogen and oxygen atoms in total. The van der Waals surface area contributed by atoms with Crippen molar-refractivity contribution in [2.75, 3.05) is 0 Å². The number of benzene rings is 2. The molecule has 0 unspecified atom stereocenters. The molecule has 0 atom stereocenters. The van der Waals surface area contributed by atoms with Gasteiger partial charge in [0.1, 0.15) is 0 Å². The molecule has 0 spiro atoms. The van der Waals surface area contributed by atoms with Crippen LogP contribution >= 0.6 is 24.8 Å². The topological polar surface area (TPSA) is 0 Å². The first-order chi connectivity index (χ1) is 10.8. The molecular formula is C20H22Cl2GeHf. The first kappa shape index (κ1) is 20.2. The summed E-state index contributed by atoms with van der Waals surface area (Å²) in [5.41, 5.74) is 6.31. The first-order valence-electron chi connectivity index (χ1n) is 7.99. The van der Waals surface area contributed by atoms with Crippen LogP contribution in [0.3, 0.4) is 0 Å². The Bertz CT molecular complexity index is 803. The molecule has 0 fully saturated rings. The van der Waals surface area contributed by atoms with E-state index in [1.807, 2.05) is 3.33 Å². The van der Waals surface area contributed by atoms with Crippen molar-refractivity contribution in [1.82, 2.24) is 0 Å². The summed E-state index contributed by atoms with van der Waals surface area (Å²) in [6, 6.07) is 18.4. The zero-order valence-corrected chi connectivity index (χ0v) is 21.3. The van der Waals surface area contributed by atoms with Crippen LogP contribution in [0, 0.1) is 0 Å². The molecule has 0 saturated carbocycles. The van der Waals surface area contributed by atoms with Crippen molar-refractivity contribution < 1.29 is 18.3 Å². The molecule has 0 saturated heterocycles. The first-order valence-corrected chi connectivity index (χ1v) is 26.4. The van der Waals surface area contributed by atoms with Gasteiger partial charge in [0.2, 0.25) is 0 Å². The van der Waals surface area contributed by atoms with Crippen LogP contribution in [0.25, 0.3) is 11.1 Å². The maximum absolute atomic E-state index is 2.63. The fourth-order valence-corrected chi connectivity index (χ4v) is 45.3. The van der Waals surface area contributed by atoms with Crippen LogP contribution in [0.1, 0.15) is 21.2 Å². The Kier molecular flexibility index (Phi) is 7.19. The number of hydrogen-bond acceptors (Lipinski definition) is 0.